The molecule has 1 amide bonds. The first kappa shape index (κ1) is 16.8. The summed E-state index contributed by atoms with van der Waals surface area (Å²) in [6, 6.07) is 0.117. The van der Waals surface area contributed by atoms with Crippen molar-refractivity contribution in [2.75, 3.05) is 31.1 Å². The second-order valence-corrected chi connectivity index (χ2v) is 6.61. The van der Waals surface area contributed by atoms with E-state index in [0.717, 1.165) is 37.4 Å². The molecule has 0 saturated carbocycles. The quantitative estimate of drug-likeness (QED) is 0.745. The molecule has 0 aromatic heterocycles. The van der Waals surface area contributed by atoms with Crippen molar-refractivity contribution in [1.29, 1.82) is 0 Å². The number of nitrogens with zero attached hydrogens (tertiary/aromatic N) is 1. The minimum Gasteiger partial charge on any atom is -0.389 e. The fourth-order valence-electron chi connectivity index (χ4n) is 2.33. The number of hydrogen-bond donors (Lipinski definition) is 2. The Morgan fingerprint density at radius 3 is 2.47 bits per heavy atom. The first-order valence-electron chi connectivity index (χ1n) is 7.32. The molecule has 0 radical (unpaired) electrons. The summed E-state index contributed by atoms with van der Waals surface area (Å²) < 4.78 is 0. The molecular weight excluding hydrogens is 260 g/mol. The van der Waals surface area contributed by atoms with E-state index in [2.05, 4.69) is 5.32 Å². The molecule has 112 valence electrons. The van der Waals surface area contributed by atoms with Crippen molar-refractivity contribution in [2.45, 2.75) is 51.7 Å². The lowest BCUT2D eigenvalue weighted by atomic mass is 9.96. The molecule has 2 N–H and O–H groups in total. The van der Waals surface area contributed by atoms with Gasteiger partial charge in [-0.15, -0.1) is 0 Å². The molecular formula is C14H28N2O2S. The van der Waals surface area contributed by atoms with Gasteiger partial charge in [-0.1, -0.05) is 0 Å². The zero-order valence-corrected chi connectivity index (χ0v) is 13.3. The lowest BCUT2D eigenvalue weighted by Gasteiger charge is -2.33. The second-order valence-electron chi connectivity index (χ2n) is 5.39. The van der Waals surface area contributed by atoms with Crippen LogP contribution in [0.5, 0.6) is 0 Å². The van der Waals surface area contributed by atoms with Crippen LogP contribution in [0.2, 0.25) is 0 Å². The van der Waals surface area contributed by atoms with Crippen molar-refractivity contribution in [3.8, 4) is 0 Å². The maximum absolute atomic E-state index is 12.0. The smallest absolute Gasteiger partial charge is 0.224 e. The Labute approximate surface area is 121 Å². The highest BCUT2D eigenvalue weighted by molar-refractivity contribution is 7.99. The van der Waals surface area contributed by atoms with Gasteiger partial charge in [-0.05, 0) is 45.1 Å². The summed E-state index contributed by atoms with van der Waals surface area (Å²) in [5.74, 6) is 2.26. The number of aliphatic hydroxyl groups is 1. The van der Waals surface area contributed by atoms with Crippen molar-refractivity contribution in [2.24, 2.45) is 0 Å². The Bertz CT molecular complexity index is 277. The van der Waals surface area contributed by atoms with Gasteiger partial charge < -0.3 is 15.3 Å². The van der Waals surface area contributed by atoms with E-state index < -0.39 is 5.60 Å². The van der Waals surface area contributed by atoms with Gasteiger partial charge in [-0.2, -0.15) is 11.8 Å². The third-order valence-electron chi connectivity index (χ3n) is 3.80. The summed E-state index contributed by atoms with van der Waals surface area (Å²) in [5.41, 5.74) is -0.572. The van der Waals surface area contributed by atoms with Crippen LogP contribution in [0.15, 0.2) is 0 Å². The Hall–Kier alpha value is -0.260. The van der Waals surface area contributed by atoms with Crippen LogP contribution < -0.4 is 5.32 Å². The first-order chi connectivity index (χ1) is 9.00. The maximum Gasteiger partial charge on any atom is 0.224 e. The molecule has 1 fully saturated rings. The Kier molecular flexibility index (Phi) is 7.18. The molecule has 1 atom stereocenters. The van der Waals surface area contributed by atoms with E-state index in [4.69, 9.17) is 0 Å². The zero-order valence-electron chi connectivity index (χ0n) is 12.4. The Morgan fingerprint density at radius 1 is 1.37 bits per heavy atom. The molecule has 1 aliphatic heterocycles. The normalized spacial score (nSPS) is 20.0. The van der Waals surface area contributed by atoms with Gasteiger partial charge in [0.25, 0.3) is 0 Å². The topological polar surface area (TPSA) is 52.6 Å². The van der Waals surface area contributed by atoms with Gasteiger partial charge in [0.2, 0.25) is 5.91 Å². The molecule has 1 rings (SSSR count). The summed E-state index contributed by atoms with van der Waals surface area (Å²) in [5, 5.41) is 13.7. The molecule has 19 heavy (non-hydrogen) atoms. The Balaban J connectivity index is 2.30. The molecule has 0 bridgehead atoms. The molecule has 0 aromatic carbocycles. The van der Waals surface area contributed by atoms with E-state index in [-0.39, 0.29) is 11.9 Å². The number of rotatable bonds is 7. The average Bonchev–Trinajstić information content (AvgIpc) is 2.39. The van der Waals surface area contributed by atoms with Crippen molar-refractivity contribution in [3.63, 3.8) is 0 Å². The van der Waals surface area contributed by atoms with E-state index in [1.54, 1.807) is 0 Å². The number of amides is 1. The number of thioether (sulfide) groups is 1. The van der Waals surface area contributed by atoms with Crippen molar-refractivity contribution in [1.82, 2.24) is 10.2 Å². The minimum absolute atomic E-state index is 0.117. The predicted molar refractivity (Wildman–Crippen MR) is 81.5 cm³/mol. The average molecular weight is 288 g/mol. The van der Waals surface area contributed by atoms with Gasteiger partial charge in [-0.3, -0.25) is 4.79 Å². The van der Waals surface area contributed by atoms with Crippen LogP contribution >= 0.6 is 11.8 Å². The standard InChI is InChI=1S/C14H28N2O2S/c1-4-16(5-2)13(17)10-12(3)15-11-14(18)6-8-19-9-7-14/h12,15,18H,4-11H2,1-3H3. The Morgan fingerprint density at radius 2 is 1.95 bits per heavy atom. The maximum atomic E-state index is 12.0. The van der Waals surface area contributed by atoms with Crippen molar-refractivity contribution < 1.29 is 9.90 Å². The minimum atomic E-state index is -0.572. The molecule has 1 saturated heterocycles. The number of hydrogen-bond acceptors (Lipinski definition) is 4. The predicted octanol–water partition coefficient (Wildman–Crippen LogP) is 1.48. The highest BCUT2D eigenvalue weighted by Crippen LogP contribution is 2.26. The third kappa shape index (κ3) is 5.71. The van der Waals surface area contributed by atoms with Gasteiger partial charge in [-0.25, -0.2) is 0 Å². The summed E-state index contributed by atoms with van der Waals surface area (Å²) in [6.45, 7) is 8.15. The lowest BCUT2D eigenvalue weighted by Crippen LogP contribution is -2.47. The van der Waals surface area contributed by atoms with Gasteiger partial charge >= 0.3 is 0 Å². The number of nitrogens with one attached hydrogen (secondary N) is 1. The summed E-state index contributed by atoms with van der Waals surface area (Å²) in [4.78, 5) is 13.8. The fraction of sp³-hybridized carbons (Fsp3) is 0.929. The summed E-state index contributed by atoms with van der Waals surface area (Å²) in [6.07, 6.45) is 2.20. The molecule has 0 spiro atoms. The molecule has 4 nitrogen and oxygen atoms in total. The van der Waals surface area contributed by atoms with Crippen LogP contribution in [0.1, 0.15) is 40.0 Å². The highest BCUT2D eigenvalue weighted by Gasteiger charge is 2.29. The van der Waals surface area contributed by atoms with Crippen molar-refractivity contribution >= 4 is 17.7 Å². The summed E-state index contributed by atoms with van der Waals surface area (Å²) in [7, 11) is 0. The van der Waals surface area contributed by atoms with E-state index in [0.29, 0.717) is 13.0 Å². The highest BCUT2D eigenvalue weighted by atomic mass is 32.2. The SMILES string of the molecule is CCN(CC)C(=O)CC(C)NCC1(O)CCSCC1. The van der Waals surface area contributed by atoms with Crippen LogP contribution in [0.25, 0.3) is 0 Å². The number of carbonyl (C=O) groups excluding carboxylic acids is 1. The van der Waals surface area contributed by atoms with Gasteiger partial charge in [0.15, 0.2) is 0 Å². The van der Waals surface area contributed by atoms with Gasteiger partial charge in [0, 0.05) is 32.1 Å². The van der Waals surface area contributed by atoms with Crippen molar-refractivity contribution in [3.05, 3.63) is 0 Å². The van der Waals surface area contributed by atoms with Crippen LogP contribution in [0, 0.1) is 0 Å². The zero-order chi connectivity index (χ0) is 14.3. The molecule has 0 aromatic rings. The van der Waals surface area contributed by atoms with Crippen LogP contribution in [0.3, 0.4) is 0 Å². The van der Waals surface area contributed by atoms with E-state index >= 15 is 0 Å². The van der Waals surface area contributed by atoms with Crippen LogP contribution in [0.4, 0.5) is 0 Å². The second kappa shape index (κ2) is 8.12. The molecule has 1 heterocycles. The van der Waals surface area contributed by atoms with E-state index in [1.165, 1.54) is 0 Å². The monoisotopic (exact) mass is 288 g/mol. The fourth-order valence-corrected chi connectivity index (χ4v) is 3.58. The van der Waals surface area contributed by atoms with Crippen LogP contribution in [-0.2, 0) is 4.79 Å². The van der Waals surface area contributed by atoms with E-state index in [9.17, 15) is 9.90 Å². The summed E-state index contributed by atoms with van der Waals surface area (Å²) >= 11 is 1.90. The molecule has 1 aliphatic rings. The van der Waals surface area contributed by atoms with Gasteiger partial charge in [0.05, 0.1) is 5.60 Å². The lowest BCUT2D eigenvalue weighted by molar-refractivity contribution is -0.131. The molecule has 0 aliphatic carbocycles. The largest absolute Gasteiger partial charge is 0.389 e. The number of carbonyl (C=O) groups is 1. The van der Waals surface area contributed by atoms with Gasteiger partial charge in [0.1, 0.15) is 0 Å². The van der Waals surface area contributed by atoms with Crippen LogP contribution in [-0.4, -0.2) is 58.7 Å². The third-order valence-corrected chi connectivity index (χ3v) is 4.79. The van der Waals surface area contributed by atoms with E-state index in [1.807, 2.05) is 37.4 Å². The molecule has 5 heteroatoms. The first-order valence-corrected chi connectivity index (χ1v) is 8.47. The molecule has 1 unspecified atom stereocenters.